The van der Waals surface area contributed by atoms with E-state index in [-0.39, 0.29) is 11.6 Å². The smallest absolute Gasteiger partial charge is 0.407 e. The summed E-state index contributed by atoms with van der Waals surface area (Å²) in [6, 6.07) is 0.0296. The molecule has 0 aromatic carbocycles. The third kappa shape index (κ3) is 2.98. The Hall–Kier alpha value is -1.03. The van der Waals surface area contributed by atoms with Crippen molar-refractivity contribution in [3.63, 3.8) is 0 Å². The predicted octanol–water partition coefficient (Wildman–Crippen LogP) is 2.06. The zero-order chi connectivity index (χ0) is 12.3. The van der Waals surface area contributed by atoms with Crippen LogP contribution in [0.5, 0.6) is 0 Å². The van der Waals surface area contributed by atoms with Crippen LogP contribution in [0.1, 0.15) is 33.1 Å². The van der Waals surface area contributed by atoms with Gasteiger partial charge in [-0.1, -0.05) is 6.08 Å². The summed E-state index contributed by atoms with van der Waals surface area (Å²) in [6.07, 6.45) is 3.71. The first-order chi connectivity index (χ1) is 7.36. The average Bonchev–Trinajstić information content (AvgIpc) is 2.50. The molecule has 1 fully saturated rings. The number of hydrogen-bond acceptors (Lipinski definition) is 2. The van der Waals surface area contributed by atoms with Gasteiger partial charge >= 0.3 is 6.09 Å². The van der Waals surface area contributed by atoms with Crippen molar-refractivity contribution in [3.8, 4) is 0 Å². The van der Waals surface area contributed by atoms with Gasteiger partial charge in [0.2, 0.25) is 0 Å². The molecule has 1 heterocycles. The molecule has 16 heavy (non-hydrogen) atoms. The molecule has 0 saturated carbocycles. The third-order valence-corrected chi connectivity index (χ3v) is 3.40. The van der Waals surface area contributed by atoms with Crippen molar-refractivity contribution < 1.29 is 9.90 Å². The summed E-state index contributed by atoms with van der Waals surface area (Å²) in [4.78, 5) is 12.6. The fourth-order valence-electron chi connectivity index (χ4n) is 2.46. The molecule has 4 heteroatoms. The molecule has 4 nitrogen and oxygen atoms in total. The number of nitrogens with two attached hydrogens (primary N) is 1. The van der Waals surface area contributed by atoms with E-state index in [1.165, 1.54) is 4.90 Å². The zero-order valence-corrected chi connectivity index (χ0v) is 10.1. The fourth-order valence-corrected chi connectivity index (χ4v) is 2.46. The monoisotopic (exact) mass is 226 g/mol. The Balaban J connectivity index is 2.49. The number of likely N-dealkylation sites (tertiary alicyclic amines) is 1. The molecule has 0 aromatic heterocycles. The molecule has 0 aromatic rings. The highest BCUT2D eigenvalue weighted by Crippen LogP contribution is 2.35. The van der Waals surface area contributed by atoms with E-state index in [1.807, 2.05) is 13.8 Å². The van der Waals surface area contributed by atoms with Gasteiger partial charge < -0.3 is 15.7 Å². The van der Waals surface area contributed by atoms with E-state index < -0.39 is 6.09 Å². The van der Waals surface area contributed by atoms with Gasteiger partial charge in [-0.05, 0) is 39.0 Å². The Bertz CT molecular complexity index is 276. The van der Waals surface area contributed by atoms with Crippen molar-refractivity contribution in [3.05, 3.63) is 12.7 Å². The number of nitrogens with zero attached hydrogens (tertiary/aromatic N) is 1. The molecule has 0 bridgehead atoms. The van der Waals surface area contributed by atoms with Gasteiger partial charge in [0.25, 0.3) is 0 Å². The first-order valence-electron chi connectivity index (χ1n) is 5.75. The highest BCUT2D eigenvalue weighted by atomic mass is 16.4. The van der Waals surface area contributed by atoms with Crippen LogP contribution in [0.15, 0.2) is 12.7 Å². The second-order valence-corrected chi connectivity index (χ2v) is 5.25. The van der Waals surface area contributed by atoms with Gasteiger partial charge in [-0.2, -0.15) is 0 Å². The molecule has 92 valence electrons. The number of hydrogen-bond donors (Lipinski definition) is 2. The van der Waals surface area contributed by atoms with Crippen molar-refractivity contribution in [2.45, 2.75) is 44.7 Å². The number of carbonyl (C=O) groups is 1. The van der Waals surface area contributed by atoms with Gasteiger partial charge in [0, 0.05) is 18.1 Å². The van der Waals surface area contributed by atoms with Crippen LogP contribution in [-0.4, -0.2) is 34.2 Å². The average molecular weight is 226 g/mol. The SMILES string of the molecule is C=CC(N)CC[C@@H]1CN(C(=O)O)C(C)(C)C1. The lowest BCUT2D eigenvalue weighted by molar-refractivity contribution is 0.117. The molecule has 1 aliphatic rings. The predicted molar refractivity (Wildman–Crippen MR) is 64.3 cm³/mol. The van der Waals surface area contributed by atoms with Crippen LogP contribution < -0.4 is 5.73 Å². The van der Waals surface area contributed by atoms with Gasteiger partial charge in [0.1, 0.15) is 0 Å². The number of carboxylic acid groups (broad SMARTS) is 1. The molecule has 1 amide bonds. The standard InChI is InChI=1S/C12H22N2O2/c1-4-10(13)6-5-9-7-12(2,3)14(8-9)11(15)16/h4,9-10H,1,5-8,13H2,2-3H3,(H,15,16)/t9-,10?/m0/s1. The van der Waals surface area contributed by atoms with Crippen molar-refractivity contribution in [2.24, 2.45) is 11.7 Å². The van der Waals surface area contributed by atoms with E-state index in [0.29, 0.717) is 12.5 Å². The van der Waals surface area contributed by atoms with Crippen LogP contribution in [0.2, 0.25) is 0 Å². The quantitative estimate of drug-likeness (QED) is 0.721. The zero-order valence-electron chi connectivity index (χ0n) is 10.1. The van der Waals surface area contributed by atoms with Gasteiger partial charge in [-0.3, -0.25) is 0 Å². The number of amides is 1. The van der Waals surface area contributed by atoms with Crippen LogP contribution >= 0.6 is 0 Å². The summed E-state index contributed by atoms with van der Waals surface area (Å²) in [5.74, 6) is 0.428. The summed E-state index contributed by atoms with van der Waals surface area (Å²) in [7, 11) is 0. The lowest BCUT2D eigenvalue weighted by atomic mass is 9.92. The molecule has 0 radical (unpaired) electrons. The summed E-state index contributed by atoms with van der Waals surface area (Å²) >= 11 is 0. The minimum atomic E-state index is -0.819. The van der Waals surface area contributed by atoms with E-state index in [0.717, 1.165) is 19.3 Å². The maximum Gasteiger partial charge on any atom is 0.407 e. The van der Waals surface area contributed by atoms with E-state index in [2.05, 4.69) is 6.58 Å². The van der Waals surface area contributed by atoms with Crippen molar-refractivity contribution in [1.29, 1.82) is 0 Å². The van der Waals surface area contributed by atoms with Gasteiger partial charge in [0.15, 0.2) is 0 Å². The van der Waals surface area contributed by atoms with Crippen LogP contribution in [0, 0.1) is 5.92 Å². The second-order valence-electron chi connectivity index (χ2n) is 5.25. The Morgan fingerprint density at radius 3 is 2.81 bits per heavy atom. The third-order valence-electron chi connectivity index (χ3n) is 3.40. The summed E-state index contributed by atoms with van der Waals surface area (Å²) in [5, 5.41) is 9.08. The van der Waals surface area contributed by atoms with Crippen LogP contribution in [0.3, 0.4) is 0 Å². The van der Waals surface area contributed by atoms with Crippen LogP contribution in [0.25, 0.3) is 0 Å². The Labute approximate surface area is 97.1 Å². The van der Waals surface area contributed by atoms with Crippen LogP contribution in [0.4, 0.5) is 4.79 Å². The molecular weight excluding hydrogens is 204 g/mol. The molecular formula is C12H22N2O2. The Morgan fingerprint density at radius 2 is 2.38 bits per heavy atom. The number of rotatable bonds is 4. The Kier molecular flexibility index (Phi) is 3.97. The minimum absolute atomic E-state index is 0.0296. The molecule has 1 aliphatic heterocycles. The molecule has 1 saturated heterocycles. The van der Waals surface area contributed by atoms with Crippen LogP contribution in [-0.2, 0) is 0 Å². The summed E-state index contributed by atoms with van der Waals surface area (Å²) in [6.45, 7) is 8.24. The first kappa shape index (κ1) is 13.0. The highest BCUT2D eigenvalue weighted by Gasteiger charge is 2.40. The second kappa shape index (κ2) is 4.87. The van der Waals surface area contributed by atoms with Gasteiger partial charge in [-0.25, -0.2) is 4.79 Å². The maximum atomic E-state index is 11.0. The summed E-state index contributed by atoms with van der Waals surface area (Å²) in [5.41, 5.74) is 5.52. The topological polar surface area (TPSA) is 66.6 Å². The van der Waals surface area contributed by atoms with Crippen molar-refractivity contribution in [2.75, 3.05) is 6.54 Å². The molecule has 1 rings (SSSR count). The van der Waals surface area contributed by atoms with E-state index in [4.69, 9.17) is 10.8 Å². The first-order valence-corrected chi connectivity index (χ1v) is 5.75. The van der Waals surface area contributed by atoms with E-state index in [9.17, 15) is 4.79 Å². The molecule has 0 spiro atoms. The molecule has 1 unspecified atom stereocenters. The van der Waals surface area contributed by atoms with Crippen molar-refractivity contribution >= 4 is 6.09 Å². The van der Waals surface area contributed by atoms with Gasteiger partial charge in [0.05, 0.1) is 0 Å². The normalized spacial score (nSPS) is 25.4. The Morgan fingerprint density at radius 1 is 1.75 bits per heavy atom. The molecule has 0 aliphatic carbocycles. The van der Waals surface area contributed by atoms with E-state index in [1.54, 1.807) is 6.08 Å². The van der Waals surface area contributed by atoms with Crippen molar-refractivity contribution in [1.82, 2.24) is 4.90 Å². The lowest BCUT2D eigenvalue weighted by Crippen LogP contribution is -2.41. The fraction of sp³-hybridized carbons (Fsp3) is 0.750. The van der Waals surface area contributed by atoms with E-state index >= 15 is 0 Å². The van der Waals surface area contributed by atoms with Gasteiger partial charge in [-0.15, -0.1) is 6.58 Å². The largest absolute Gasteiger partial charge is 0.465 e. The highest BCUT2D eigenvalue weighted by molar-refractivity contribution is 5.66. The molecule has 2 atom stereocenters. The summed E-state index contributed by atoms with van der Waals surface area (Å²) < 4.78 is 0. The maximum absolute atomic E-state index is 11.0. The minimum Gasteiger partial charge on any atom is -0.465 e. The lowest BCUT2D eigenvalue weighted by Gasteiger charge is -2.28. The molecule has 3 N–H and O–H groups in total.